The number of rotatable bonds is 8. The van der Waals surface area contributed by atoms with Gasteiger partial charge in [-0.1, -0.05) is 12.1 Å². The summed E-state index contributed by atoms with van der Waals surface area (Å²) in [5, 5.41) is 18.4. The van der Waals surface area contributed by atoms with Crippen molar-refractivity contribution in [1.82, 2.24) is 34.1 Å². The maximum Gasteiger partial charge on any atom is 0.278 e. The highest BCUT2D eigenvalue weighted by Gasteiger charge is 2.21. The van der Waals surface area contributed by atoms with E-state index in [1.807, 2.05) is 49.5 Å². The summed E-state index contributed by atoms with van der Waals surface area (Å²) >= 11 is 0. The van der Waals surface area contributed by atoms with Gasteiger partial charge in [-0.05, 0) is 50.2 Å². The van der Waals surface area contributed by atoms with Gasteiger partial charge in [0.05, 0.1) is 36.0 Å². The van der Waals surface area contributed by atoms with Gasteiger partial charge in [0.2, 0.25) is 5.95 Å². The largest absolute Gasteiger partial charge is 0.384 e. The van der Waals surface area contributed by atoms with Crippen LogP contribution in [0.4, 0.5) is 17.3 Å². The van der Waals surface area contributed by atoms with Gasteiger partial charge in [-0.15, -0.1) is 6.58 Å². The Bertz CT molecular complexity index is 1670. The number of allylic oxidation sites excluding steroid dienone is 1. The SMILES string of the molecule is C=CCn1c(=O)c2cnc(Nc3ccc(-n4cc(N(C)C)cn4)cc3)nc2n1-c1cccc(C(C)(C)O)n1. The predicted molar refractivity (Wildman–Crippen MR) is 148 cm³/mol. The fraction of sp³-hybridized carbons (Fsp3) is 0.222. The van der Waals surface area contributed by atoms with E-state index in [9.17, 15) is 9.90 Å². The van der Waals surface area contributed by atoms with Crippen LogP contribution in [-0.4, -0.2) is 53.3 Å². The molecule has 0 unspecified atom stereocenters. The molecule has 0 bridgehead atoms. The van der Waals surface area contributed by atoms with E-state index in [0.29, 0.717) is 28.5 Å². The third kappa shape index (κ3) is 4.66. The molecule has 0 saturated carbocycles. The summed E-state index contributed by atoms with van der Waals surface area (Å²) in [7, 11) is 3.94. The summed E-state index contributed by atoms with van der Waals surface area (Å²) in [6.07, 6.45) is 6.89. The van der Waals surface area contributed by atoms with Crippen molar-refractivity contribution in [2.75, 3.05) is 24.3 Å². The van der Waals surface area contributed by atoms with Crippen molar-refractivity contribution in [2.45, 2.75) is 26.0 Å². The average molecular weight is 512 g/mol. The minimum atomic E-state index is -1.15. The average Bonchev–Trinajstić information content (AvgIpc) is 3.48. The van der Waals surface area contributed by atoms with Gasteiger partial charge in [0.1, 0.15) is 11.0 Å². The van der Waals surface area contributed by atoms with E-state index in [1.165, 1.54) is 10.9 Å². The van der Waals surface area contributed by atoms with Crippen LogP contribution >= 0.6 is 0 Å². The van der Waals surface area contributed by atoms with Gasteiger partial charge < -0.3 is 15.3 Å². The van der Waals surface area contributed by atoms with E-state index in [0.717, 1.165) is 17.1 Å². The van der Waals surface area contributed by atoms with Crippen LogP contribution in [0.3, 0.4) is 0 Å². The Morgan fingerprint density at radius 2 is 1.87 bits per heavy atom. The van der Waals surface area contributed by atoms with E-state index in [1.54, 1.807) is 53.7 Å². The van der Waals surface area contributed by atoms with Crippen molar-refractivity contribution in [2.24, 2.45) is 0 Å². The lowest BCUT2D eigenvalue weighted by molar-refractivity contribution is 0.0738. The fourth-order valence-corrected chi connectivity index (χ4v) is 4.00. The van der Waals surface area contributed by atoms with E-state index >= 15 is 0 Å². The van der Waals surface area contributed by atoms with Crippen LogP contribution in [0.5, 0.6) is 0 Å². The predicted octanol–water partition coefficient (Wildman–Crippen LogP) is 3.39. The molecule has 0 aliphatic heterocycles. The first kappa shape index (κ1) is 24.9. The molecule has 0 atom stereocenters. The van der Waals surface area contributed by atoms with Crippen LogP contribution in [0.15, 0.2) is 78.5 Å². The first-order valence-electron chi connectivity index (χ1n) is 12.0. The van der Waals surface area contributed by atoms with Gasteiger partial charge in [0.15, 0.2) is 11.5 Å². The summed E-state index contributed by atoms with van der Waals surface area (Å²) in [6, 6.07) is 13.0. The second-order valence-corrected chi connectivity index (χ2v) is 9.57. The molecule has 0 spiro atoms. The van der Waals surface area contributed by atoms with Crippen molar-refractivity contribution in [3.05, 3.63) is 89.8 Å². The Kier molecular flexibility index (Phi) is 6.29. The number of fused-ring (bicyclic) bond motifs is 1. The summed E-state index contributed by atoms with van der Waals surface area (Å²) in [4.78, 5) is 28.8. The van der Waals surface area contributed by atoms with Crippen molar-refractivity contribution in [3.63, 3.8) is 0 Å². The number of pyridine rings is 1. The molecule has 0 aliphatic carbocycles. The molecule has 11 nitrogen and oxygen atoms in total. The maximum absolute atomic E-state index is 13.2. The molecule has 11 heteroatoms. The lowest BCUT2D eigenvalue weighted by atomic mass is 10.1. The normalized spacial score (nSPS) is 11.6. The van der Waals surface area contributed by atoms with Gasteiger partial charge in [-0.3, -0.25) is 4.79 Å². The van der Waals surface area contributed by atoms with Crippen LogP contribution in [0, 0.1) is 0 Å². The Morgan fingerprint density at radius 1 is 1.11 bits per heavy atom. The van der Waals surface area contributed by atoms with Crippen molar-refractivity contribution >= 4 is 28.4 Å². The highest BCUT2D eigenvalue weighted by atomic mass is 16.3. The van der Waals surface area contributed by atoms with Crippen LogP contribution in [0.1, 0.15) is 19.5 Å². The number of hydrogen-bond acceptors (Lipinski definition) is 8. The van der Waals surface area contributed by atoms with Gasteiger partial charge in [-0.25, -0.2) is 24.0 Å². The number of anilines is 3. The van der Waals surface area contributed by atoms with E-state index in [2.05, 4.69) is 31.9 Å². The Labute approximate surface area is 219 Å². The first-order valence-corrected chi connectivity index (χ1v) is 12.0. The summed E-state index contributed by atoms with van der Waals surface area (Å²) in [5.74, 6) is 0.770. The Morgan fingerprint density at radius 3 is 2.53 bits per heavy atom. The van der Waals surface area contributed by atoms with Crippen LogP contribution in [0.2, 0.25) is 0 Å². The molecule has 0 saturated heterocycles. The van der Waals surface area contributed by atoms with E-state index in [4.69, 9.17) is 0 Å². The van der Waals surface area contributed by atoms with Gasteiger partial charge in [0, 0.05) is 26.0 Å². The van der Waals surface area contributed by atoms with Crippen LogP contribution in [-0.2, 0) is 12.1 Å². The quantitative estimate of drug-likeness (QED) is 0.304. The highest BCUT2D eigenvalue weighted by Crippen LogP contribution is 2.22. The smallest absolute Gasteiger partial charge is 0.278 e. The molecule has 4 heterocycles. The molecule has 5 aromatic rings. The molecule has 2 N–H and O–H groups in total. The summed E-state index contributed by atoms with van der Waals surface area (Å²) in [6.45, 7) is 7.35. The van der Waals surface area contributed by atoms with Crippen LogP contribution in [0.25, 0.3) is 22.5 Å². The lowest BCUT2D eigenvalue weighted by Gasteiger charge is -2.18. The second-order valence-electron chi connectivity index (χ2n) is 9.57. The number of hydrogen-bond donors (Lipinski definition) is 2. The molecule has 1 aromatic carbocycles. The third-order valence-corrected chi connectivity index (χ3v) is 6.03. The molecule has 0 amide bonds. The number of aliphatic hydroxyl groups is 1. The highest BCUT2D eigenvalue weighted by molar-refractivity contribution is 5.77. The standard InChI is InChI=1S/C27H29N9O2/c1-6-14-35-25(37)21-16-28-26(32-24(21)36(35)23-9-7-8-22(31-23)27(2,3)38)30-18-10-12-19(13-11-18)34-17-20(15-29-34)33(4)5/h6-13,15-17,38H,1,14H2,2-5H3,(H,28,30,32). The zero-order valence-corrected chi connectivity index (χ0v) is 21.7. The number of nitrogens with one attached hydrogen (secondary N) is 1. The topological polar surface area (TPSA) is 119 Å². The Hall–Kier alpha value is -4.77. The first-order chi connectivity index (χ1) is 18.2. The van der Waals surface area contributed by atoms with Crippen molar-refractivity contribution < 1.29 is 5.11 Å². The van der Waals surface area contributed by atoms with E-state index < -0.39 is 5.60 Å². The summed E-state index contributed by atoms with van der Waals surface area (Å²) in [5.41, 5.74) is 2.13. The maximum atomic E-state index is 13.2. The molecule has 0 radical (unpaired) electrons. The van der Waals surface area contributed by atoms with Crippen molar-refractivity contribution in [3.8, 4) is 11.5 Å². The zero-order valence-electron chi connectivity index (χ0n) is 21.7. The third-order valence-electron chi connectivity index (χ3n) is 6.03. The minimum absolute atomic E-state index is 0.247. The number of benzene rings is 1. The van der Waals surface area contributed by atoms with E-state index in [-0.39, 0.29) is 12.1 Å². The van der Waals surface area contributed by atoms with Gasteiger partial charge in [0.25, 0.3) is 5.56 Å². The molecule has 4 aromatic heterocycles. The number of aromatic nitrogens is 7. The minimum Gasteiger partial charge on any atom is -0.384 e. The molecule has 194 valence electrons. The van der Waals surface area contributed by atoms with Crippen molar-refractivity contribution in [1.29, 1.82) is 0 Å². The van der Waals surface area contributed by atoms with Crippen LogP contribution < -0.4 is 15.8 Å². The second kappa shape index (κ2) is 9.60. The molecular weight excluding hydrogens is 482 g/mol. The molecule has 0 fully saturated rings. The molecule has 38 heavy (non-hydrogen) atoms. The Balaban J connectivity index is 1.52. The fourth-order valence-electron chi connectivity index (χ4n) is 4.00. The van der Waals surface area contributed by atoms with Gasteiger partial charge in [-0.2, -0.15) is 10.1 Å². The summed E-state index contributed by atoms with van der Waals surface area (Å²) < 4.78 is 4.93. The molecular formula is C27H29N9O2. The lowest BCUT2D eigenvalue weighted by Crippen LogP contribution is -2.23. The molecule has 0 aliphatic rings. The zero-order chi connectivity index (χ0) is 27.0. The van der Waals surface area contributed by atoms with Gasteiger partial charge >= 0.3 is 0 Å². The molecule has 5 rings (SSSR count). The number of nitrogens with zero attached hydrogens (tertiary/aromatic N) is 8. The monoisotopic (exact) mass is 511 g/mol.